The molecule has 0 aliphatic carbocycles. The number of fused-ring (bicyclic) bond motifs is 2. The summed E-state index contributed by atoms with van der Waals surface area (Å²) in [6.07, 6.45) is 0. The van der Waals surface area contributed by atoms with Crippen molar-refractivity contribution in [2.45, 2.75) is 19.4 Å². The summed E-state index contributed by atoms with van der Waals surface area (Å²) in [5, 5.41) is 2.44. The molecule has 0 saturated heterocycles. The van der Waals surface area contributed by atoms with Crippen molar-refractivity contribution in [1.82, 2.24) is 24.0 Å². The second-order valence-electron chi connectivity index (χ2n) is 9.54. The summed E-state index contributed by atoms with van der Waals surface area (Å²) in [4.78, 5) is 29.1. The van der Waals surface area contributed by atoms with Crippen molar-refractivity contribution >= 4 is 28.0 Å². The standard InChI is InChI=1S/C27H27FN6O2/c1-27(2,29)25-31-20-13-16(15-6-9-18(19(28)12-15)24(35)30-3)7-10-21(20)34(25)17-8-11-22-23(14-17)33(5)26(36)32(22)4/h6-14H,29H2,1-5H3,(H,30,35). The van der Waals surface area contributed by atoms with Gasteiger partial charge in [0.1, 0.15) is 11.6 Å². The Morgan fingerprint density at radius 2 is 1.58 bits per heavy atom. The fraction of sp³-hybridized carbons (Fsp3) is 0.222. The van der Waals surface area contributed by atoms with E-state index in [0.29, 0.717) is 16.9 Å². The molecule has 2 heterocycles. The normalized spacial score (nSPS) is 12.0. The maximum Gasteiger partial charge on any atom is 0.328 e. The predicted molar refractivity (Wildman–Crippen MR) is 139 cm³/mol. The average molecular weight is 487 g/mol. The molecule has 0 radical (unpaired) electrons. The van der Waals surface area contributed by atoms with E-state index in [1.807, 2.05) is 54.8 Å². The Bertz CT molecular complexity index is 1740. The maximum absolute atomic E-state index is 14.6. The lowest BCUT2D eigenvalue weighted by Gasteiger charge is -2.20. The Balaban J connectivity index is 1.70. The number of rotatable bonds is 4. The number of hydrogen-bond donors (Lipinski definition) is 2. The maximum atomic E-state index is 14.6. The van der Waals surface area contributed by atoms with E-state index < -0.39 is 17.3 Å². The molecule has 8 nitrogen and oxygen atoms in total. The number of hydrogen-bond acceptors (Lipinski definition) is 4. The van der Waals surface area contributed by atoms with Gasteiger partial charge in [-0.25, -0.2) is 14.2 Å². The summed E-state index contributed by atoms with van der Waals surface area (Å²) in [5.74, 6) is -0.421. The molecule has 3 N–H and O–H groups in total. The summed E-state index contributed by atoms with van der Waals surface area (Å²) in [5.41, 5.74) is 11.0. The quantitative estimate of drug-likeness (QED) is 0.406. The van der Waals surface area contributed by atoms with Gasteiger partial charge in [-0.1, -0.05) is 12.1 Å². The minimum Gasteiger partial charge on any atom is -0.355 e. The molecule has 0 atom stereocenters. The van der Waals surface area contributed by atoms with Gasteiger partial charge in [-0.3, -0.25) is 18.5 Å². The van der Waals surface area contributed by atoms with Crippen LogP contribution in [0.25, 0.3) is 38.9 Å². The summed E-state index contributed by atoms with van der Waals surface area (Å²) in [7, 11) is 4.96. The van der Waals surface area contributed by atoms with Crippen LogP contribution in [-0.2, 0) is 19.6 Å². The van der Waals surface area contributed by atoms with E-state index in [1.165, 1.54) is 19.2 Å². The van der Waals surface area contributed by atoms with Crippen LogP contribution in [0, 0.1) is 5.82 Å². The molecule has 9 heteroatoms. The fourth-order valence-corrected chi connectivity index (χ4v) is 4.60. The van der Waals surface area contributed by atoms with Crippen LogP contribution in [0.4, 0.5) is 4.39 Å². The zero-order chi connectivity index (χ0) is 25.9. The van der Waals surface area contributed by atoms with Crippen molar-refractivity contribution in [3.63, 3.8) is 0 Å². The molecule has 0 unspecified atom stereocenters. The third kappa shape index (κ3) is 3.59. The van der Waals surface area contributed by atoms with Crippen LogP contribution in [0.1, 0.15) is 30.0 Å². The number of halogens is 1. The SMILES string of the molecule is CNC(=O)c1ccc(-c2ccc3c(c2)nc(C(C)(C)N)n3-c2ccc3c(c2)n(C)c(=O)n3C)cc1F. The number of benzene rings is 3. The molecule has 5 rings (SSSR count). The summed E-state index contributed by atoms with van der Waals surface area (Å²) < 4.78 is 19.8. The van der Waals surface area contributed by atoms with Crippen molar-refractivity contribution in [1.29, 1.82) is 0 Å². The molecule has 0 spiro atoms. The van der Waals surface area contributed by atoms with Crippen LogP contribution >= 0.6 is 0 Å². The van der Waals surface area contributed by atoms with Crippen LogP contribution in [0.15, 0.2) is 59.4 Å². The number of aryl methyl sites for hydroxylation is 2. The van der Waals surface area contributed by atoms with Gasteiger partial charge in [-0.15, -0.1) is 0 Å². The van der Waals surface area contributed by atoms with E-state index in [1.54, 1.807) is 29.3 Å². The highest BCUT2D eigenvalue weighted by Crippen LogP contribution is 2.32. The topological polar surface area (TPSA) is 99.9 Å². The first kappa shape index (κ1) is 23.5. The first-order valence-electron chi connectivity index (χ1n) is 11.5. The number of nitrogens with one attached hydrogen (secondary N) is 1. The van der Waals surface area contributed by atoms with Gasteiger partial charge in [-0.05, 0) is 67.4 Å². The molecule has 3 aromatic carbocycles. The number of nitrogens with two attached hydrogens (primary N) is 1. The number of aromatic nitrogens is 4. The molecule has 0 bridgehead atoms. The van der Waals surface area contributed by atoms with E-state index in [9.17, 15) is 14.0 Å². The van der Waals surface area contributed by atoms with Gasteiger partial charge in [0.05, 0.1) is 33.2 Å². The molecular formula is C27H27FN6O2. The Morgan fingerprint density at radius 1 is 0.944 bits per heavy atom. The summed E-state index contributed by atoms with van der Waals surface area (Å²) in [6.45, 7) is 3.77. The lowest BCUT2D eigenvalue weighted by atomic mass is 10.0. The number of carbonyl (C=O) groups excluding carboxylic acids is 1. The minimum absolute atomic E-state index is 0.00974. The van der Waals surface area contributed by atoms with Crippen LogP contribution in [0.5, 0.6) is 0 Å². The summed E-state index contributed by atoms with van der Waals surface area (Å²) in [6, 6.07) is 16.0. The van der Waals surface area contributed by atoms with Gasteiger partial charge in [0.25, 0.3) is 5.91 Å². The minimum atomic E-state index is -0.766. The van der Waals surface area contributed by atoms with Crippen molar-refractivity contribution < 1.29 is 9.18 Å². The Hall–Kier alpha value is -4.24. The molecule has 0 aliphatic rings. The second-order valence-corrected chi connectivity index (χ2v) is 9.54. The average Bonchev–Trinajstić information content (AvgIpc) is 3.34. The van der Waals surface area contributed by atoms with Gasteiger partial charge in [-0.2, -0.15) is 0 Å². The van der Waals surface area contributed by atoms with E-state index in [-0.39, 0.29) is 11.3 Å². The van der Waals surface area contributed by atoms with Crippen LogP contribution in [0.3, 0.4) is 0 Å². The third-order valence-electron chi connectivity index (χ3n) is 6.52. The van der Waals surface area contributed by atoms with Crippen molar-refractivity contribution in [2.75, 3.05) is 7.05 Å². The lowest BCUT2D eigenvalue weighted by Crippen LogP contribution is -2.32. The van der Waals surface area contributed by atoms with Crippen molar-refractivity contribution in [2.24, 2.45) is 19.8 Å². The molecule has 36 heavy (non-hydrogen) atoms. The van der Waals surface area contributed by atoms with Gasteiger partial charge in [0, 0.05) is 26.8 Å². The molecule has 0 aliphatic heterocycles. The molecule has 184 valence electrons. The Kier molecular flexibility index (Phi) is 5.33. The number of amides is 1. The highest BCUT2D eigenvalue weighted by molar-refractivity contribution is 5.95. The largest absolute Gasteiger partial charge is 0.355 e. The highest BCUT2D eigenvalue weighted by atomic mass is 19.1. The zero-order valence-corrected chi connectivity index (χ0v) is 20.8. The van der Waals surface area contributed by atoms with Crippen LogP contribution < -0.4 is 16.7 Å². The molecule has 5 aromatic rings. The first-order valence-corrected chi connectivity index (χ1v) is 11.5. The van der Waals surface area contributed by atoms with E-state index in [0.717, 1.165) is 27.8 Å². The predicted octanol–water partition coefficient (Wildman–Crippen LogP) is 3.58. The molecule has 0 saturated carbocycles. The Morgan fingerprint density at radius 3 is 2.25 bits per heavy atom. The number of carbonyl (C=O) groups is 1. The van der Waals surface area contributed by atoms with Crippen LogP contribution in [-0.4, -0.2) is 31.6 Å². The van der Waals surface area contributed by atoms with E-state index in [2.05, 4.69) is 5.32 Å². The van der Waals surface area contributed by atoms with Crippen molar-refractivity contribution in [3.8, 4) is 16.8 Å². The Labute approximate surface area is 206 Å². The molecule has 1 amide bonds. The van der Waals surface area contributed by atoms with Gasteiger partial charge in [0.15, 0.2) is 0 Å². The fourth-order valence-electron chi connectivity index (χ4n) is 4.60. The highest BCUT2D eigenvalue weighted by Gasteiger charge is 2.25. The van der Waals surface area contributed by atoms with E-state index in [4.69, 9.17) is 10.7 Å². The zero-order valence-electron chi connectivity index (χ0n) is 20.8. The van der Waals surface area contributed by atoms with Gasteiger partial charge >= 0.3 is 5.69 Å². The van der Waals surface area contributed by atoms with Crippen molar-refractivity contribution in [3.05, 3.63) is 82.3 Å². The lowest BCUT2D eigenvalue weighted by molar-refractivity contribution is 0.0959. The van der Waals surface area contributed by atoms with Crippen LogP contribution in [0.2, 0.25) is 0 Å². The smallest absolute Gasteiger partial charge is 0.328 e. The summed E-state index contributed by atoms with van der Waals surface area (Å²) >= 11 is 0. The molecular weight excluding hydrogens is 459 g/mol. The molecule has 0 fully saturated rings. The van der Waals surface area contributed by atoms with Gasteiger partial charge in [0.2, 0.25) is 0 Å². The number of imidazole rings is 2. The van der Waals surface area contributed by atoms with E-state index >= 15 is 0 Å². The second kappa shape index (κ2) is 8.17. The number of nitrogens with zero attached hydrogens (tertiary/aromatic N) is 4. The third-order valence-corrected chi connectivity index (χ3v) is 6.52. The monoisotopic (exact) mass is 486 g/mol. The first-order chi connectivity index (χ1) is 17.0. The van der Waals surface area contributed by atoms with Gasteiger partial charge < -0.3 is 11.1 Å². The molecule has 2 aromatic heterocycles.